The van der Waals surface area contributed by atoms with Crippen LogP contribution in [0, 0.1) is 5.92 Å². The van der Waals surface area contributed by atoms with Crippen LogP contribution in [0.3, 0.4) is 0 Å². The number of thiophene rings is 1. The number of nitrogens with zero attached hydrogens (tertiary/aromatic N) is 1. The van der Waals surface area contributed by atoms with E-state index >= 15 is 0 Å². The fraction of sp³-hybridized carbons (Fsp3) is 0.375. The molecule has 0 aromatic carbocycles. The van der Waals surface area contributed by atoms with Crippen molar-refractivity contribution >= 4 is 34.5 Å². The topological polar surface area (TPSA) is 42.0 Å². The largest absolute Gasteiger partial charge is 0.321 e. The van der Waals surface area contributed by atoms with Gasteiger partial charge in [-0.25, -0.2) is 4.98 Å². The number of halogens is 1. The Morgan fingerprint density at radius 2 is 2.14 bits per heavy atom. The Morgan fingerprint density at radius 3 is 2.81 bits per heavy atom. The second kappa shape index (κ2) is 7.05. The number of hydrogen-bond donors (Lipinski definition) is 1. The van der Waals surface area contributed by atoms with Crippen molar-refractivity contribution in [1.29, 1.82) is 0 Å². The van der Waals surface area contributed by atoms with E-state index in [1.807, 2.05) is 11.4 Å². The van der Waals surface area contributed by atoms with Gasteiger partial charge in [0.25, 0.3) is 5.91 Å². The molecule has 0 aliphatic carbocycles. The van der Waals surface area contributed by atoms with Crippen molar-refractivity contribution in [2.75, 3.05) is 5.32 Å². The lowest BCUT2D eigenvalue weighted by atomic mass is 9.97. The molecule has 3 nitrogen and oxygen atoms in total. The maximum Gasteiger partial charge on any atom is 0.258 e. The lowest BCUT2D eigenvalue weighted by Crippen LogP contribution is -2.14. The third kappa shape index (κ3) is 4.05. The van der Waals surface area contributed by atoms with Gasteiger partial charge in [-0.1, -0.05) is 32.4 Å². The summed E-state index contributed by atoms with van der Waals surface area (Å²) in [7, 11) is 0. The monoisotopic (exact) mass is 322 g/mol. The lowest BCUT2D eigenvalue weighted by molar-refractivity contribution is 0.102. The Hall–Kier alpha value is -1.39. The number of nitrogens with one attached hydrogen (secondary N) is 1. The van der Waals surface area contributed by atoms with Crippen LogP contribution in [0.1, 0.15) is 48.3 Å². The molecule has 0 aliphatic rings. The first kappa shape index (κ1) is 16.0. The molecule has 1 unspecified atom stereocenters. The number of pyridine rings is 1. The van der Waals surface area contributed by atoms with Gasteiger partial charge >= 0.3 is 0 Å². The van der Waals surface area contributed by atoms with Gasteiger partial charge in [-0.3, -0.25) is 4.79 Å². The molecule has 0 saturated carbocycles. The molecule has 0 radical (unpaired) electrons. The minimum atomic E-state index is -0.218. The van der Waals surface area contributed by atoms with Gasteiger partial charge in [0.15, 0.2) is 0 Å². The number of aromatic nitrogens is 1. The fourth-order valence-electron chi connectivity index (χ4n) is 2.37. The van der Waals surface area contributed by atoms with Gasteiger partial charge in [0, 0.05) is 11.1 Å². The number of amides is 1. The van der Waals surface area contributed by atoms with Gasteiger partial charge in [-0.15, -0.1) is 11.3 Å². The van der Waals surface area contributed by atoms with E-state index in [2.05, 4.69) is 31.1 Å². The summed E-state index contributed by atoms with van der Waals surface area (Å²) in [6, 6.07) is 5.32. The number of hydrogen-bond acceptors (Lipinski definition) is 3. The molecule has 0 fully saturated rings. The summed E-state index contributed by atoms with van der Waals surface area (Å²) in [5.74, 6) is 0.826. The van der Waals surface area contributed by atoms with E-state index in [9.17, 15) is 4.79 Å². The second-order valence-electron chi connectivity index (χ2n) is 5.53. The summed E-state index contributed by atoms with van der Waals surface area (Å²) >= 11 is 7.64. The molecule has 21 heavy (non-hydrogen) atoms. The van der Waals surface area contributed by atoms with Gasteiger partial charge in [0.2, 0.25) is 0 Å². The molecular weight excluding hydrogens is 304 g/mol. The number of carbonyl (C=O) groups excluding carboxylic acids is 1. The minimum Gasteiger partial charge on any atom is -0.321 e. The number of rotatable bonds is 5. The van der Waals surface area contributed by atoms with Crippen molar-refractivity contribution in [3.63, 3.8) is 0 Å². The summed E-state index contributed by atoms with van der Waals surface area (Å²) in [5, 5.41) is 5.18. The minimum absolute atomic E-state index is 0.218. The summed E-state index contributed by atoms with van der Waals surface area (Å²) in [6.07, 6.45) is 2.66. The molecule has 5 heteroatoms. The quantitative estimate of drug-likeness (QED) is 0.769. The molecule has 2 aromatic heterocycles. The summed E-state index contributed by atoms with van der Waals surface area (Å²) in [6.45, 7) is 6.61. The Kier molecular flexibility index (Phi) is 5.37. The molecule has 0 spiro atoms. The Labute approximate surface area is 134 Å². The van der Waals surface area contributed by atoms with E-state index < -0.39 is 0 Å². The third-order valence-electron chi connectivity index (χ3n) is 3.22. The zero-order valence-electron chi connectivity index (χ0n) is 12.4. The fourth-order valence-corrected chi connectivity index (χ4v) is 3.50. The Bertz CT molecular complexity index is 624. The van der Waals surface area contributed by atoms with Crippen LogP contribution in [-0.2, 0) is 0 Å². The molecule has 2 heterocycles. The maximum absolute atomic E-state index is 12.3. The van der Waals surface area contributed by atoms with Crippen molar-refractivity contribution in [3.8, 4) is 0 Å². The van der Waals surface area contributed by atoms with Crippen LogP contribution in [0.4, 0.5) is 5.69 Å². The maximum atomic E-state index is 12.3. The smallest absolute Gasteiger partial charge is 0.258 e. The standard InChI is InChI=1S/C16H19ClN2OS/c1-10(2)9-11(3)14-13(6-8-21-14)19-16(20)12-5-4-7-18-15(12)17/h4-8,10-11H,9H2,1-3H3,(H,19,20). The van der Waals surface area contributed by atoms with Crippen molar-refractivity contribution in [3.05, 3.63) is 45.4 Å². The van der Waals surface area contributed by atoms with Crippen molar-refractivity contribution in [2.45, 2.75) is 33.1 Å². The Balaban J connectivity index is 2.16. The summed E-state index contributed by atoms with van der Waals surface area (Å²) in [5.41, 5.74) is 1.27. The predicted molar refractivity (Wildman–Crippen MR) is 89.4 cm³/mol. The van der Waals surface area contributed by atoms with Crippen molar-refractivity contribution < 1.29 is 4.79 Å². The lowest BCUT2D eigenvalue weighted by Gasteiger charge is -2.15. The van der Waals surface area contributed by atoms with Gasteiger partial charge in [0.05, 0.1) is 11.3 Å². The van der Waals surface area contributed by atoms with Crippen LogP contribution in [0.15, 0.2) is 29.8 Å². The molecule has 1 amide bonds. The van der Waals surface area contributed by atoms with Gasteiger partial charge in [0.1, 0.15) is 5.15 Å². The van der Waals surface area contributed by atoms with E-state index in [-0.39, 0.29) is 11.1 Å². The first-order chi connectivity index (χ1) is 9.99. The van der Waals surface area contributed by atoms with Crippen LogP contribution in [0.25, 0.3) is 0 Å². The van der Waals surface area contributed by atoms with E-state index in [0.717, 1.165) is 12.1 Å². The van der Waals surface area contributed by atoms with Crippen LogP contribution in [-0.4, -0.2) is 10.9 Å². The molecule has 0 bridgehead atoms. The van der Waals surface area contributed by atoms with Crippen LogP contribution in [0.2, 0.25) is 5.15 Å². The zero-order chi connectivity index (χ0) is 15.4. The average Bonchev–Trinajstić information content (AvgIpc) is 2.86. The van der Waals surface area contributed by atoms with E-state index in [1.165, 1.54) is 4.88 Å². The SMILES string of the molecule is CC(C)CC(C)c1sccc1NC(=O)c1cccnc1Cl. The molecule has 2 rings (SSSR count). The van der Waals surface area contributed by atoms with Gasteiger partial charge in [-0.2, -0.15) is 0 Å². The van der Waals surface area contributed by atoms with Crippen LogP contribution in [0.5, 0.6) is 0 Å². The summed E-state index contributed by atoms with van der Waals surface area (Å²) < 4.78 is 0. The summed E-state index contributed by atoms with van der Waals surface area (Å²) in [4.78, 5) is 17.4. The van der Waals surface area contributed by atoms with E-state index in [1.54, 1.807) is 29.7 Å². The zero-order valence-corrected chi connectivity index (χ0v) is 14.0. The average molecular weight is 323 g/mol. The molecule has 0 saturated heterocycles. The van der Waals surface area contributed by atoms with Crippen LogP contribution < -0.4 is 5.32 Å². The first-order valence-electron chi connectivity index (χ1n) is 6.98. The van der Waals surface area contributed by atoms with Crippen LogP contribution >= 0.6 is 22.9 Å². The first-order valence-corrected chi connectivity index (χ1v) is 8.24. The molecule has 0 aliphatic heterocycles. The highest BCUT2D eigenvalue weighted by atomic mass is 35.5. The number of carbonyl (C=O) groups is 1. The molecule has 2 aromatic rings. The van der Waals surface area contributed by atoms with E-state index in [4.69, 9.17) is 11.6 Å². The highest BCUT2D eigenvalue weighted by Crippen LogP contribution is 2.34. The van der Waals surface area contributed by atoms with Crippen molar-refractivity contribution in [2.24, 2.45) is 5.92 Å². The third-order valence-corrected chi connectivity index (χ3v) is 4.67. The van der Waals surface area contributed by atoms with Gasteiger partial charge in [-0.05, 0) is 41.8 Å². The van der Waals surface area contributed by atoms with Gasteiger partial charge < -0.3 is 5.32 Å². The molecular formula is C16H19ClN2OS. The Morgan fingerprint density at radius 1 is 1.38 bits per heavy atom. The molecule has 112 valence electrons. The highest BCUT2D eigenvalue weighted by Gasteiger charge is 2.17. The molecule has 1 atom stereocenters. The molecule has 1 N–H and O–H groups in total. The second-order valence-corrected chi connectivity index (χ2v) is 6.83. The van der Waals surface area contributed by atoms with E-state index in [0.29, 0.717) is 17.4 Å². The predicted octanol–water partition coefficient (Wildman–Crippen LogP) is 5.20. The highest BCUT2D eigenvalue weighted by molar-refractivity contribution is 7.10. The normalized spacial score (nSPS) is 12.4. The van der Waals surface area contributed by atoms with Crippen molar-refractivity contribution in [1.82, 2.24) is 4.98 Å². The number of anilines is 1.